The maximum atomic E-state index is 12.6. The highest BCUT2D eigenvalue weighted by Crippen LogP contribution is 2.28. The Bertz CT molecular complexity index is 776. The molecule has 1 aromatic carbocycles. The molecule has 0 aromatic heterocycles. The molecule has 0 bridgehead atoms. The van der Waals surface area contributed by atoms with Crippen LogP contribution < -0.4 is 5.32 Å². The molecule has 4 rings (SSSR count). The molecule has 1 aromatic rings. The number of carbonyl (C=O) groups excluding carboxylic acids is 1. The second-order valence-electron chi connectivity index (χ2n) is 9.87. The summed E-state index contributed by atoms with van der Waals surface area (Å²) in [5.41, 5.74) is 2.83. The van der Waals surface area contributed by atoms with Gasteiger partial charge in [0.25, 0.3) is 0 Å². The third kappa shape index (κ3) is 7.81. The lowest BCUT2D eigenvalue weighted by atomic mass is 9.86. The van der Waals surface area contributed by atoms with E-state index in [-0.39, 0.29) is 5.91 Å². The highest BCUT2D eigenvalue weighted by molar-refractivity contribution is 6.30. The number of nitrogens with zero attached hydrogens (tertiary/aromatic N) is 2. The van der Waals surface area contributed by atoms with Crippen LogP contribution in [0, 0.1) is 5.92 Å². The summed E-state index contributed by atoms with van der Waals surface area (Å²) in [6, 6.07) is 8.75. The summed E-state index contributed by atoms with van der Waals surface area (Å²) < 4.78 is 5.60. The van der Waals surface area contributed by atoms with Crippen molar-refractivity contribution in [1.29, 1.82) is 0 Å². The molecule has 1 aliphatic carbocycles. The second-order valence-corrected chi connectivity index (χ2v) is 10.3. The first-order valence-corrected chi connectivity index (χ1v) is 13.3. The molecular formula is C27H40ClN3O2. The summed E-state index contributed by atoms with van der Waals surface area (Å²) in [6.45, 7) is 7.56. The van der Waals surface area contributed by atoms with E-state index in [2.05, 4.69) is 33.3 Å². The number of ether oxygens (including phenoxy) is 1. The molecule has 182 valence electrons. The monoisotopic (exact) mass is 473 g/mol. The van der Waals surface area contributed by atoms with Crippen molar-refractivity contribution >= 4 is 17.5 Å². The molecule has 1 amide bonds. The van der Waals surface area contributed by atoms with E-state index < -0.39 is 0 Å². The number of amides is 1. The van der Waals surface area contributed by atoms with Crippen molar-refractivity contribution in [1.82, 2.24) is 15.1 Å². The van der Waals surface area contributed by atoms with E-state index in [9.17, 15) is 4.79 Å². The lowest BCUT2D eigenvalue weighted by Crippen LogP contribution is -2.54. The SMILES string of the molecule is O=C(CC[C@H]1CN(Cc2ccc(Cl)cc2)CC[C@H]1N1CCOCC1)NCCC1=CCCCC1. The van der Waals surface area contributed by atoms with Gasteiger partial charge in [0.2, 0.25) is 5.91 Å². The van der Waals surface area contributed by atoms with Gasteiger partial charge >= 0.3 is 0 Å². The minimum Gasteiger partial charge on any atom is -0.379 e. The highest BCUT2D eigenvalue weighted by Gasteiger charge is 2.34. The third-order valence-corrected chi connectivity index (χ3v) is 7.76. The van der Waals surface area contributed by atoms with Crippen LogP contribution in [0.2, 0.25) is 5.02 Å². The van der Waals surface area contributed by atoms with Crippen molar-refractivity contribution in [3.63, 3.8) is 0 Å². The van der Waals surface area contributed by atoms with Crippen LogP contribution in [0.3, 0.4) is 0 Å². The van der Waals surface area contributed by atoms with Crippen LogP contribution in [0.5, 0.6) is 0 Å². The Hall–Kier alpha value is -1.40. The molecular weight excluding hydrogens is 434 g/mol. The number of benzene rings is 1. The Kier molecular flexibility index (Phi) is 9.66. The fraction of sp³-hybridized carbons (Fsp3) is 0.667. The van der Waals surface area contributed by atoms with Gasteiger partial charge in [-0.1, -0.05) is 35.4 Å². The Morgan fingerprint density at radius 3 is 2.70 bits per heavy atom. The Balaban J connectivity index is 1.28. The quantitative estimate of drug-likeness (QED) is 0.530. The van der Waals surface area contributed by atoms with E-state index >= 15 is 0 Å². The second kappa shape index (κ2) is 12.9. The van der Waals surface area contributed by atoms with Gasteiger partial charge in [0.1, 0.15) is 0 Å². The molecule has 0 radical (unpaired) electrons. The molecule has 0 unspecified atom stereocenters. The first-order chi connectivity index (χ1) is 16.2. The number of morpholine rings is 1. The molecule has 2 atom stereocenters. The average Bonchev–Trinajstić information content (AvgIpc) is 2.85. The summed E-state index contributed by atoms with van der Waals surface area (Å²) in [6.07, 6.45) is 11.2. The lowest BCUT2D eigenvalue weighted by Gasteiger charge is -2.45. The van der Waals surface area contributed by atoms with E-state index in [1.807, 2.05) is 12.1 Å². The van der Waals surface area contributed by atoms with Crippen LogP contribution in [-0.2, 0) is 16.1 Å². The van der Waals surface area contributed by atoms with Crippen molar-refractivity contribution in [2.45, 2.75) is 64.0 Å². The maximum Gasteiger partial charge on any atom is 0.220 e. The van der Waals surface area contributed by atoms with Gasteiger partial charge < -0.3 is 10.1 Å². The van der Waals surface area contributed by atoms with E-state index in [1.54, 1.807) is 0 Å². The predicted molar refractivity (Wildman–Crippen MR) is 134 cm³/mol. The smallest absolute Gasteiger partial charge is 0.220 e. The van der Waals surface area contributed by atoms with Gasteiger partial charge in [-0.05, 0) is 75.1 Å². The zero-order valence-electron chi connectivity index (χ0n) is 19.9. The molecule has 6 heteroatoms. The predicted octanol–water partition coefficient (Wildman–Crippen LogP) is 4.65. The van der Waals surface area contributed by atoms with E-state index in [0.717, 1.165) is 76.8 Å². The van der Waals surface area contributed by atoms with Gasteiger partial charge in [-0.2, -0.15) is 0 Å². The van der Waals surface area contributed by atoms with Gasteiger partial charge in [-0.3, -0.25) is 14.6 Å². The van der Waals surface area contributed by atoms with Crippen molar-refractivity contribution in [3.8, 4) is 0 Å². The molecule has 2 aliphatic heterocycles. The Morgan fingerprint density at radius 2 is 1.94 bits per heavy atom. The van der Waals surface area contributed by atoms with Crippen molar-refractivity contribution in [2.24, 2.45) is 5.92 Å². The summed E-state index contributed by atoms with van der Waals surface area (Å²) in [5.74, 6) is 0.720. The largest absolute Gasteiger partial charge is 0.379 e. The molecule has 5 nitrogen and oxygen atoms in total. The first-order valence-electron chi connectivity index (χ1n) is 12.9. The standard InChI is InChI=1S/C27H40ClN3O2/c28-25-9-6-23(7-10-25)20-30-15-13-26(31-16-18-33-19-17-31)24(21-30)8-11-27(32)29-14-12-22-4-2-1-3-5-22/h4,6-7,9-10,24,26H,1-3,5,8,11-21H2,(H,29,32)/t24-,26+/m0/s1. The van der Waals surface area contributed by atoms with Crippen LogP contribution in [0.15, 0.2) is 35.9 Å². The number of hydrogen-bond donors (Lipinski definition) is 1. The zero-order chi connectivity index (χ0) is 22.9. The van der Waals surface area contributed by atoms with Gasteiger partial charge in [-0.15, -0.1) is 0 Å². The first kappa shape index (κ1) is 24.7. The van der Waals surface area contributed by atoms with Crippen molar-refractivity contribution in [3.05, 3.63) is 46.5 Å². The summed E-state index contributed by atoms with van der Waals surface area (Å²) in [4.78, 5) is 17.8. The van der Waals surface area contributed by atoms with Gasteiger partial charge in [0, 0.05) is 50.2 Å². The van der Waals surface area contributed by atoms with E-state index in [1.165, 1.54) is 36.8 Å². The summed E-state index contributed by atoms with van der Waals surface area (Å²) >= 11 is 6.06. The lowest BCUT2D eigenvalue weighted by molar-refractivity contribution is -0.121. The molecule has 2 fully saturated rings. The number of carbonyl (C=O) groups is 1. The normalized spacial score (nSPS) is 24.9. The number of rotatable bonds is 9. The fourth-order valence-electron chi connectivity index (χ4n) is 5.66. The number of nitrogens with one attached hydrogen (secondary N) is 1. The molecule has 33 heavy (non-hydrogen) atoms. The molecule has 2 saturated heterocycles. The molecule has 2 heterocycles. The number of hydrogen-bond acceptors (Lipinski definition) is 4. The van der Waals surface area contributed by atoms with Crippen LogP contribution >= 0.6 is 11.6 Å². The van der Waals surface area contributed by atoms with Crippen LogP contribution in [-0.4, -0.2) is 67.7 Å². The number of allylic oxidation sites excluding steroid dienone is 1. The summed E-state index contributed by atoms with van der Waals surface area (Å²) in [7, 11) is 0. The topological polar surface area (TPSA) is 44.8 Å². The van der Waals surface area contributed by atoms with Gasteiger partial charge in [-0.25, -0.2) is 0 Å². The number of likely N-dealkylation sites (tertiary alicyclic amines) is 1. The van der Waals surface area contributed by atoms with Gasteiger partial charge in [0.15, 0.2) is 0 Å². The fourth-order valence-corrected chi connectivity index (χ4v) is 5.79. The Morgan fingerprint density at radius 1 is 1.12 bits per heavy atom. The highest BCUT2D eigenvalue weighted by atomic mass is 35.5. The summed E-state index contributed by atoms with van der Waals surface area (Å²) in [5, 5.41) is 3.97. The minimum absolute atomic E-state index is 0.210. The van der Waals surface area contributed by atoms with Crippen molar-refractivity contribution in [2.75, 3.05) is 45.9 Å². The number of piperidine rings is 1. The average molecular weight is 474 g/mol. The Labute approximate surface area is 204 Å². The minimum atomic E-state index is 0.210. The number of halogens is 1. The maximum absolute atomic E-state index is 12.6. The molecule has 1 N–H and O–H groups in total. The zero-order valence-corrected chi connectivity index (χ0v) is 20.7. The van der Waals surface area contributed by atoms with Crippen LogP contribution in [0.25, 0.3) is 0 Å². The molecule has 3 aliphatic rings. The van der Waals surface area contributed by atoms with Gasteiger partial charge in [0.05, 0.1) is 13.2 Å². The van der Waals surface area contributed by atoms with Crippen LogP contribution in [0.1, 0.15) is 56.9 Å². The van der Waals surface area contributed by atoms with Crippen molar-refractivity contribution < 1.29 is 9.53 Å². The van der Waals surface area contributed by atoms with E-state index in [4.69, 9.17) is 16.3 Å². The molecule has 0 spiro atoms. The third-order valence-electron chi connectivity index (χ3n) is 7.51. The van der Waals surface area contributed by atoms with Crippen LogP contribution in [0.4, 0.5) is 0 Å². The van der Waals surface area contributed by atoms with E-state index in [0.29, 0.717) is 18.4 Å². The molecule has 0 saturated carbocycles.